The van der Waals surface area contributed by atoms with E-state index in [9.17, 15) is 0 Å². The van der Waals surface area contributed by atoms with Crippen molar-refractivity contribution < 1.29 is 0 Å². The van der Waals surface area contributed by atoms with Gasteiger partial charge in [-0.3, -0.25) is 0 Å². The van der Waals surface area contributed by atoms with Gasteiger partial charge in [0.25, 0.3) is 0 Å². The minimum atomic E-state index is 1.23. The molecule has 15 heavy (non-hydrogen) atoms. The van der Waals surface area contributed by atoms with Gasteiger partial charge in [-0.15, -0.1) is 9.24 Å². The molecule has 0 bridgehead atoms. The highest BCUT2D eigenvalue weighted by molar-refractivity contribution is 7.27. The molecule has 0 heterocycles. The number of benzene rings is 2. The first kappa shape index (κ1) is 10.4. The Bertz CT molecular complexity index is 469. The fraction of sp³-hybridized carbons (Fsp3) is 0.143. The average molecular weight is 214 g/mol. The first-order valence-corrected chi connectivity index (χ1v) is 5.68. The molecule has 1 heteroatoms. The van der Waals surface area contributed by atoms with Gasteiger partial charge < -0.3 is 0 Å². The van der Waals surface area contributed by atoms with Crippen LogP contribution in [-0.2, 0) is 0 Å². The highest BCUT2D eigenvalue weighted by Crippen LogP contribution is 2.23. The molecule has 0 aromatic heterocycles. The van der Waals surface area contributed by atoms with Gasteiger partial charge in [0, 0.05) is 0 Å². The first-order valence-electron chi connectivity index (χ1n) is 5.10. The average Bonchev–Trinajstić information content (AvgIpc) is 2.23. The van der Waals surface area contributed by atoms with Crippen molar-refractivity contribution in [2.24, 2.45) is 0 Å². The third-order valence-corrected chi connectivity index (χ3v) is 3.00. The van der Waals surface area contributed by atoms with Crippen molar-refractivity contribution >= 4 is 14.5 Å². The second kappa shape index (κ2) is 4.16. The molecule has 2 aromatic carbocycles. The molecule has 2 aromatic rings. The predicted octanol–water partition coefficient (Wildman–Crippen LogP) is 3.47. The lowest BCUT2D eigenvalue weighted by Gasteiger charge is -2.07. The minimum absolute atomic E-state index is 1.23. The van der Waals surface area contributed by atoms with Gasteiger partial charge in [-0.05, 0) is 35.8 Å². The Kier molecular flexibility index (Phi) is 2.88. The van der Waals surface area contributed by atoms with Crippen LogP contribution in [0.15, 0.2) is 42.5 Å². The second-order valence-corrected chi connectivity index (χ2v) is 4.61. The van der Waals surface area contributed by atoms with Gasteiger partial charge in [0.15, 0.2) is 0 Å². The zero-order valence-electron chi connectivity index (χ0n) is 9.12. The van der Waals surface area contributed by atoms with Crippen LogP contribution in [-0.4, -0.2) is 0 Å². The maximum absolute atomic E-state index is 2.71. The Balaban J connectivity index is 2.53. The van der Waals surface area contributed by atoms with E-state index in [0.29, 0.717) is 0 Å². The van der Waals surface area contributed by atoms with Crippen molar-refractivity contribution in [3.05, 3.63) is 53.6 Å². The smallest absolute Gasteiger partial charge is 0.0152 e. The number of rotatable bonds is 1. The van der Waals surface area contributed by atoms with E-state index < -0.39 is 0 Å². The van der Waals surface area contributed by atoms with Crippen LogP contribution >= 0.6 is 9.24 Å². The molecule has 0 saturated heterocycles. The minimum Gasteiger partial charge on any atom is -0.106 e. The Morgan fingerprint density at radius 2 is 1.53 bits per heavy atom. The van der Waals surface area contributed by atoms with Gasteiger partial charge >= 0.3 is 0 Å². The highest BCUT2D eigenvalue weighted by atomic mass is 31.0. The number of hydrogen-bond donors (Lipinski definition) is 0. The van der Waals surface area contributed by atoms with Gasteiger partial charge in [-0.2, -0.15) is 0 Å². The summed E-state index contributed by atoms with van der Waals surface area (Å²) in [5, 5.41) is 1.23. The SMILES string of the molecule is Cc1ccc(C)c(-c2ccc(P)cc2)c1. The number of hydrogen-bond acceptors (Lipinski definition) is 0. The summed E-state index contributed by atoms with van der Waals surface area (Å²) in [6, 6.07) is 15.2. The van der Waals surface area contributed by atoms with Crippen LogP contribution in [0, 0.1) is 13.8 Å². The molecule has 0 amide bonds. The monoisotopic (exact) mass is 214 g/mol. The van der Waals surface area contributed by atoms with E-state index >= 15 is 0 Å². The molecule has 2 rings (SSSR count). The molecule has 1 atom stereocenters. The summed E-state index contributed by atoms with van der Waals surface area (Å²) in [6.07, 6.45) is 0. The zero-order valence-corrected chi connectivity index (χ0v) is 10.3. The van der Waals surface area contributed by atoms with Crippen LogP contribution in [0.4, 0.5) is 0 Å². The molecule has 0 aliphatic heterocycles. The lowest BCUT2D eigenvalue weighted by molar-refractivity contribution is 1.39. The largest absolute Gasteiger partial charge is 0.106 e. The van der Waals surface area contributed by atoms with Crippen molar-refractivity contribution in [1.29, 1.82) is 0 Å². The van der Waals surface area contributed by atoms with Crippen LogP contribution in [0.25, 0.3) is 11.1 Å². The summed E-state index contributed by atoms with van der Waals surface area (Å²) in [6.45, 7) is 4.29. The fourth-order valence-corrected chi connectivity index (χ4v) is 1.90. The topological polar surface area (TPSA) is 0 Å². The van der Waals surface area contributed by atoms with Gasteiger partial charge in [-0.25, -0.2) is 0 Å². The first-order chi connectivity index (χ1) is 7.16. The fourth-order valence-electron chi connectivity index (χ4n) is 1.71. The summed E-state index contributed by atoms with van der Waals surface area (Å²) >= 11 is 0. The maximum Gasteiger partial charge on any atom is -0.0152 e. The van der Waals surface area contributed by atoms with Crippen LogP contribution in [0.2, 0.25) is 0 Å². The van der Waals surface area contributed by atoms with Crippen LogP contribution < -0.4 is 5.30 Å². The second-order valence-electron chi connectivity index (χ2n) is 3.94. The van der Waals surface area contributed by atoms with E-state index in [0.717, 1.165) is 0 Å². The van der Waals surface area contributed by atoms with E-state index in [2.05, 4.69) is 65.6 Å². The van der Waals surface area contributed by atoms with Gasteiger partial charge in [0.05, 0.1) is 0 Å². The van der Waals surface area contributed by atoms with Crippen LogP contribution in [0.3, 0.4) is 0 Å². The van der Waals surface area contributed by atoms with E-state index in [1.807, 2.05) is 0 Å². The standard InChI is InChI=1S/C14H15P/c1-10-3-4-11(2)14(9-10)12-5-7-13(15)8-6-12/h3-9H,15H2,1-2H3. The molecule has 76 valence electrons. The lowest BCUT2D eigenvalue weighted by Crippen LogP contribution is -1.90. The lowest BCUT2D eigenvalue weighted by atomic mass is 9.99. The van der Waals surface area contributed by atoms with E-state index in [4.69, 9.17) is 0 Å². The summed E-state index contributed by atoms with van der Waals surface area (Å²) in [4.78, 5) is 0. The van der Waals surface area contributed by atoms with Crippen LogP contribution in [0.5, 0.6) is 0 Å². The highest BCUT2D eigenvalue weighted by Gasteiger charge is 2.01. The molecule has 1 unspecified atom stereocenters. The molecular weight excluding hydrogens is 199 g/mol. The summed E-state index contributed by atoms with van der Waals surface area (Å²) < 4.78 is 0. The van der Waals surface area contributed by atoms with E-state index in [-0.39, 0.29) is 0 Å². The molecule has 0 fully saturated rings. The van der Waals surface area contributed by atoms with Crippen LogP contribution in [0.1, 0.15) is 11.1 Å². The molecule has 0 aliphatic carbocycles. The van der Waals surface area contributed by atoms with Crippen molar-refractivity contribution in [2.45, 2.75) is 13.8 Å². The van der Waals surface area contributed by atoms with Gasteiger partial charge in [0.2, 0.25) is 0 Å². The number of aryl methyl sites for hydroxylation is 2. The molecule has 0 aliphatic rings. The van der Waals surface area contributed by atoms with E-state index in [1.54, 1.807) is 0 Å². The Morgan fingerprint density at radius 3 is 2.20 bits per heavy atom. The normalized spacial score (nSPS) is 10.3. The molecule has 0 radical (unpaired) electrons. The Labute approximate surface area is 93.5 Å². The Morgan fingerprint density at radius 1 is 0.867 bits per heavy atom. The molecule has 0 N–H and O–H groups in total. The zero-order chi connectivity index (χ0) is 10.8. The van der Waals surface area contributed by atoms with Gasteiger partial charge in [0.1, 0.15) is 0 Å². The summed E-state index contributed by atoms with van der Waals surface area (Å²) in [7, 11) is 2.71. The quantitative estimate of drug-likeness (QED) is 0.638. The van der Waals surface area contributed by atoms with Crippen molar-refractivity contribution in [3.63, 3.8) is 0 Å². The predicted molar refractivity (Wildman–Crippen MR) is 70.7 cm³/mol. The Hall–Kier alpha value is -1.13. The third kappa shape index (κ3) is 2.27. The molecule has 0 saturated carbocycles. The summed E-state index contributed by atoms with van der Waals surface area (Å²) in [5.41, 5.74) is 5.27. The van der Waals surface area contributed by atoms with Crippen molar-refractivity contribution in [3.8, 4) is 11.1 Å². The van der Waals surface area contributed by atoms with Crippen molar-refractivity contribution in [2.75, 3.05) is 0 Å². The van der Waals surface area contributed by atoms with E-state index in [1.165, 1.54) is 27.6 Å². The summed E-state index contributed by atoms with van der Waals surface area (Å²) in [5.74, 6) is 0. The molecule has 0 nitrogen and oxygen atoms in total. The molecular formula is C14H15P. The van der Waals surface area contributed by atoms with Gasteiger partial charge in [-0.1, -0.05) is 48.0 Å². The molecule has 0 spiro atoms. The van der Waals surface area contributed by atoms with Crippen molar-refractivity contribution in [1.82, 2.24) is 0 Å². The third-order valence-electron chi connectivity index (χ3n) is 2.61. The maximum atomic E-state index is 2.71.